The first-order valence-electron chi connectivity index (χ1n) is 9.02. The van der Waals surface area contributed by atoms with Crippen molar-refractivity contribution in [1.82, 2.24) is 5.32 Å². The van der Waals surface area contributed by atoms with Gasteiger partial charge in [-0.25, -0.2) is 0 Å². The van der Waals surface area contributed by atoms with Crippen molar-refractivity contribution in [3.8, 4) is 17.2 Å². The molecule has 5 heteroatoms. The normalized spacial score (nSPS) is 23.2. The summed E-state index contributed by atoms with van der Waals surface area (Å²) in [6.45, 7) is 6.73. The average molecular weight is 349 g/mol. The Hall–Kier alpha value is -1.91. The molecular formula is C20H31NO4. The zero-order valence-corrected chi connectivity index (χ0v) is 16.2. The molecule has 140 valence electrons. The minimum Gasteiger partial charge on any atom is -0.493 e. The van der Waals surface area contributed by atoms with Crippen LogP contribution in [0.1, 0.15) is 50.4 Å². The second kappa shape index (κ2) is 8.45. The van der Waals surface area contributed by atoms with Crippen molar-refractivity contribution in [3.63, 3.8) is 0 Å². The molecule has 0 heterocycles. The van der Waals surface area contributed by atoms with E-state index in [4.69, 9.17) is 14.2 Å². The third kappa shape index (κ3) is 4.39. The molecule has 1 saturated carbocycles. The predicted molar refractivity (Wildman–Crippen MR) is 98.7 cm³/mol. The molecule has 0 aromatic heterocycles. The molecule has 2 rings (SSSR count). The van der Waals surface area contributed by atoms with Gasteiger partial charge in [-0.15, -0.1) is 0 Å². The molecule has 1 aromatic rings. The summed E-state index contributed by atoms with van der Waals surface area (Å²) in [6, 6.07) is 3.61. The van der Waals surface area contributed by atoms with Crippen LogP contribution in [0.2, 0.25) is 0 Å². The molecule has 1 aliphatic carbocycles. The minimum atomic E-state index is -0.0935. The van der Waals surface area contributed by atoms with Crippen molar-refractivity contribution in [2.24, 2.45) is 17.8 Å². The van der Waals surface area contributed by atoms with Crippen LogP contribution in [0.25, 0.3) is 0 Å². The molecule has 3 atom stereocenters. The van der Waals surface area contributed by atoms with E-state index < -0.39 is 0 Å². The smallest absolute Gasteiger partial charge is 0.251 e. The van der Waals surface area contributed by atoms with E-state index in [-0.39, 0.29) is 11.9 Å². The molecule has 1 amide bonds. The molecular weight excluding hydrogens is 318 g/mol. The van der Waals surface area contributed by atoms with Crippen LogP contribution in [0.15, 0.2) is 12.1 Å². The Morgan fingerprint density at radius 3 is 2.16 bits per heavy atom. The van der Waals surface area contributed by atoms with E-state index in [2.05, 4.69) is 26.1 Å². The van der Waals surface area contributed by atoms with Gasteiger partial charge in [-0.1, -0.05) is 27.2 Å². The Morgan fingerprint density at radius 1 is 1.08 bits per heavy atom. The number of hydrogen-bond acceptors (Lipinski definition) is 4. The highest BCUT2D eigenvalue weighted by Crippen LogP contribution is 2.38. The van der Waals surface area contributed by atoms with Crippen LogP contribution in [0.3, 0.4) is 0 Å². The maximum atomic E-state index is 12.9. The van der Waals surface area contributed by atoms with Crippen molar-refractivity contribution in [2.75, 3.05) is 21.3 Å². The lowest BCUT2D eigenvalue weighted by atomic mass is 9.74. The van der Waals surface area contributed by atoms with E-state index in [1.807, 2.05) is 0 Å². The zero-order chi connectivity index (χ0) is 18.6. The maximum absolute atomic E-state index is 12.9. The zero-order valence-electron chi connectivity index (χ0n) is 16.2. The SMILES string of the molecule is COc1cc(C(=O)N[C@@H]2C[C@@H](C)CC[C@@H]2C(C)C)cc(OC)c1OC. The Bertz CT molecular complexity index is 574. The molecule has 0 aliphatic heterocycles. The Labute approximate surface area is 151 Å². The average Bonchev–Trinajstić information content (AvgIpc) is 2.59. The summed E-state index contributed by atoms with van der Waals surface area (Å²) in [5, 5.41) is 3.25. The Morgan fingerprint density at radius 2 is 1.68 bits per heavy atom. The van der Waals surface area contributed by atoms with Gasteiger partial charge in [0.1, 0.15) is 0 Å². The first-order chi connectivity index (χ1) is 11.9. The molecule has 25 heavy (non-hydrogen) atoms. The first-order valence-corrected chi connectivity index (χ1v) is 9.02. The molecule has 5 nitrogen and oxygen atoms in total. The summed E-state index contributed by atoms with van der Waals surface area (Å²) < 4.78 is 16.0. The fourth-order valence-electron chi connectivity index (χ4n) is 3.83. The van der Waals surface area contributed by atoms with Crippen molar-refractivity contribution in [1.29, 1.82) is 0 Å². The van der Waals surface area contributed by atoms with Gasteiger partial charge in [0.2, 0.25) is 5.75 Å². The van der Waals surface area contributed by atoms with Gasteiger partial charge >= 0.3 is 0 Å². The van der Waals surface area contributed by atoms with Crippen LogP contribution in [-0.4, -0.2) is 33.3 Å². The largest absolute Gasteiger partial charge is 0.493 e. The van der Waals surface area contributed by atoms with Crippen LogP contribution in [0, 0.1) is 17.8 Å². The second-order valence-corrected chi connectivity index (χ2v) is 7.32. The number of benzene rings is 1. The van der Waals surface area contributed by atoms with Gasteiger partial charge in [-0.2, -0.15) is 0 Å². The van der Waals surface area contributed by atoms with Gasteiger partial charge in [-0.3, -0.25) is 4.79 Å². The molecule has 1 N–H and O–H groups in total. The van der Waals surface area contributed by atoms with Crippen LogP contribution in [0.5, 0.6) is 17.2 Å². The minimum absolute atomic E-state index is 0.0935. The summed E-state index contributed by atoms with van der Waals surface area (Å²) in [7, 11) is 4.66. The second-order valence-electron chi connectivity index (χ2n) is 7.32. The van der Waals surface area contributed by atoms with Gasteiger partial charge < -0.3 is 19.5 Å². The lowest BCUT2D eigenvalue weighted by Crippen LogP contribution is -2.45. The van der Waals surface area contributed by atoms with E-state index in [1.165, 1.54) is 12.8 Å². The number of methoxy groups -OCH3 is 3. The van der Waals surface area contributed by atoms with Crippen LogP contribution < -0.4 is 19.5 Å². The van der Waals surface area contributed by atoms with Crippen molar-refractivity contribution in [3.05, 3.63) is 17.7 Å². The van der Waals surface area contributed by atoms with Crippen LogP contribution in [0.4, 0.5) is 0 Å². The lowest BCUT2D eigenvalue weighted by Gasteiger charge is -2.37. The lowest BCUT2D eigenvalue weighted by molar-refractivity contribution is 0.0867. The number of hydrogen-bond donors (Lipinski definition) is 1. The van der Waals surface area contributed by atoms with Crippen molar-refractivity contribution >= 4 is 5.91 Å². The molecule has 0 bridgehead atoms. The van der Waals surface area contributed by atoms with E-state index in [1.54, 1.807) is 33.5 Å². The summed E-state index contributed by atoms with van der Waals surface area (Å²) in [5.74, 6) is 3.09. The third-order valence-corrected chi connectivity index (χ3v) is 5.27. The van der Waals surface area contributed by atoms with Gasteiger partial charge in [0.05, 0.1) is 21.3 Å². The summed E-state index contributed by atoms with van der Waals surface area (Å²) in [6.07, 6.45) is 3.43. The summed E-state index contributed by atoms with van der Waals surface area (Å²) in [5.41, 5.74) is 0.523. The quantitative estimate of drug-likeness (QED) is 0.846. The molecule has 0 spiro atoms. The number of carbonyl (C=O) groups excluding carboxylic acids is 1. The highest BCUT2D eigenvalue weighted by molar-refractivity contribution is 5.95. The fourth-order valence-corrected chi connectivity index (χ4v) is 3.83. The van der Waals surface area contributed by atoms with Gasteiger partial charge in [0.25, 0.3) is 5.91 Å². The first kappa shape index (κ1) is 19.4. The van der Waals surface area contributed by atoms with Gasteiger partial charge in [-0.05, 0) is 42.7 Å². The molecule has 0 radical (unpaired) electrons. The summed E-state index contributed by atoms with van der Waals surface area (Å²) in [4.78, 5) is 12.9. The van der Waals surface area contributed by atoms with Gasteiger partial charge in [0, 0.05) is 11.6 Å². The third-order valence-electron chi connectivity index (χ3n) is 5.27. The van der Waals surface area contributed by atoms with Gasteiger partial charge in [0.15, 0.2) is 11.5 Å². The Kier molecular flexibility index (Phi) is 6.57. The highest BCUT2D eigenvalue weighted by atomic mass is 16.5. The number of rotatable bonds is 6. The standard InChI is InChI=1S/C20H31NO4/c1-12(2)15-8-7-13(3)9-16(15)21-20(22)14-10-17(23-4)19(25-6)18(11-14)24-5/h10-13,15-16H,7-9H2,1-6H3,(H,21,22)/t13-,15+,16+/m0/s1. The van der Waals surface area contributed by atoms with E-state index >= 15 is 0 Å². The number of carbonyl (C=O) groups is 1. The van der Waals surface area contributed by atoms with Crippen LogP contribution >= 0.6 is 0 Å². The molecule has 1 fully saturated rings. The molecule has 0 unspecified atom stereocenters. The van der Waals surface area contributed by atoms with E-state index in [0.29, 0.717) is 40.6 Å². The van der Waals surface area contributed by atoms with Crippen molar-refractivity contribution < 1.29 is 19.0 Å². The summed E-state index contributed by atoms with van der Waals surface area (Å²) >= 11 is 0. The molecule has 0 saturated heterocycles. The topological polar surface area (TPSA) is 56.8 Å². The Balaban J connectivity index is 2.24. The predicted octanol–water partition coefficient (Wildman–Crippen LogP) is 3.90. The highest BCUT2D eigenvalue weighted by Gasteiger charge is 2.32. The monoisotopic (exact) mass is 349 g/mol. The fraction of sp³-hybridized carbons (Fsp3) is 0.650. The van der Waals surface area contributed by atoms with Crippen molar-refractivity contribution in [2.45, 2.75) is 46.1 Å². The maximum Gasteiger partial charge on any atom is 0.251 e. The molecule has 1 aliphatic rings. The number of nitrogens with one attached hydrogen (secondary N) is 1. The number of amides is 1. The number of ether oxygens (including phenoxy) is 3. The van der Waals surface area contributed by atoms with E-state index in [0.717, 1.165) is 6.42 Å². The van der Waals surface area contributed by atoms with E-state index in [9.17, 15) is 4.79 Å². The molecule has 1 aromatic carbocycles. The van der Waals surface area contributed by atoms with Crippen LogP contribution in [-0.2, 0) is 0 Å².